The number of nitrogens with one attached hydrogen (secondary N) is 1. The van der Waals surface area contributed by atoms with Gasteiger partial charge in [-0.05, 0) is 24.3 Å². The molecule has 0 aliphatic carbocycles. The standard InChI is InChI=1S/C19H15ClFN5O.C2H2/c1-25-19(27)18(20)15(10-23-25)22-11-17-24-14-8-7-12(21)9-16(14)26(17)13-5-3-2-4-6-13;1-2/h2-10,22H,11H2,1H3;1-2H. The molecule has 0 bridgehead atoms. The van der Waals surface area contributed by atoms with Crippen molar-refractivity contribution in [3.8, 4) is 18.5 Å². The Morgan fingerprint density at radius 3 is 2.62 bits per heavy atom. The lowest BCUT2D eigenvalue weighted by molar-refractivity contribution is 0.629. The summed E-state index contributed by atoms with van der Waals surface area (Å²) in [6.07, 6.45) is 9.49. The number of para-hydroxylation sites is 1. The number of aromatic nitrogens is 4. The van der Waals surface area contributed by atoms with Crippen LogP contribution in [-0.2, 0) is 13.6 Å². The summed E-state index contributed by atoms with van der Waals surface area (Å²) in [5.41, 5.74) is 2.21. The van der Waals surface area contributed by atoms with Gasteiger partial charge < -0.3 is 5.32 Å². The molecule has 0 spiro atoms. The number of imidazole rings is 1. The molecule has 0 amide bonds. The minimum atomic E-state index is -0.389. The first kappa shape index (κ1) is 20.1. The Morgan fingerprint density at radius 2 is 1.90 bits per heavy atom. The van der Waals surface area contributed by atoms with Crippen molar-refractivity contribution in [2.45, 2.75) is 6.54 Å². The topological polar surface area (TPSA) is 64.7 Å². The lowest BCUT2D eigenvalue weighted by Gasteiger charge is -2.11. The Kier molecular flexibility index (Phi) is 5.96. The van der Waals surface area contributed by atoms with Gasteiger partial charge in [0.05, 0.1) is 29.5 Å². The molecule has 0 atom stereocenters. The second kappa shape index (κ2) is 8.59. The van der Waals surface area contributed by atoms with E-state index in [-0.39, 0.29) is 22.9 Å². The summed E-state index contributed by atoms with van der Waals surface area (Å²) >= 11 is 6.11. The smallest absolute Gasteiger partial charge is 0.287 e. The number of halogens is 2. The fourth-order valence-corrected chi connectivity index (χ4v) is 3.13. The van der Waals surface area contributed by atoms with E-state index in [9.17, 15) is 9.18 Å². The van der Waals surface area contributed by atoms with Gasteiger partial charge in [0, 0.05) is 18.8 Å². The Balaban J connectivity index is 0.00000117. The number of benzene rings is 2. The summed E-state index contributed by atoms with van der Waals surface area (Å²) < 4.78 is 16.8. The molecule has 2 aromatic carbocycles. The third-order valence-electron chi connectivity index (χ3n) is 4.22. The molecule has 0 unspecified atom stereocenters. The normalized spacial score (nSPS) is 10.4. The van der Waals surface area contributed by atoms with Crippen LogP contribution in [0.3, 0.4) is 0 Å². The van der Waals surface area contributed by atoms with Gasteiger partial charge in [0.1, 0.15) is 16.7 Å². The second-order valence-electron chi connectivity index (χ2n) is 5.99. The van der Waals surface area contributed by atoms with E-state index in [2.05, 4.69) is 28.2 Å². The second-order valence-corrected chi connectivity index (χ2v) is 6.36. The summed E-state index contributed by atoms with van der Waals surface area (Å²) in [5, 5.41) is 7.12. The van der Waals surface area contributed by atoms with Crippen LogP contribution in [0, 0.1) is 18.7 Å². The molecule has 0 radical (unpaired) electrons. The first-order chi connectivity index (χ1) is 14.0. The number of terminal acetylenes is 1. The predicted octanol–water partition coefficient (Wildman–Crippen LogP) is 3.77. The molecule has 8 heteroatoms. The van der Waals surface area contributed by atoms with Gasteiger partial charge in [0.15, 0.2) is 0 Å². The quantitative estimate of drug-likeness (QED) is 0.521. The van der Waals surface area contributed by atoms with Crippen molar-refractivity contribution >= 4 is 28.3 Å². The highest BCUT2D eigenvalue weighted by molar-refractivity contribution is 6.32. The lowest BCUT2D eigenvalue weighted by atomic mass is 10.2. The molecule has 2 aromatic heterocycles. The van der Waals surface area contributed by atoms with Gasteiger partial charge in [-0.2, -0.15) is 5.10 Å². The van der Waals surface area contributed by atoms with Crippen LogP contribution in [0.2, 0.25) is 5.02 Å². The van der Waals surface area contributed by atoms with Crippen molar-refractivity contribution in [2.75, 3.05) is 5.32 Å². The van der Waals surface area contributed by atoms with Crippen LogP contribution in [0.5, 0.6) is 0 Å². The van der Waals surface area contributed by atoms with Crippen molar-refractivity contribution < 1.29 is 4.39 Å². The van der Waals surface area contributed by atoms with Gasteiger partial charge in [-0.3, -0.25) is 9.36 Å². The first-order valence-corrected chi connectivity index (χ1v) is 8.93. The van der Waals surface area contributed by atoms with Crippen LogP contribution in [0.25, 0.3) is 16.7 Å². The fraction of sp³-hybridized carbons (Fsp3) is 0.0952. The highest BCUT2D eigenvalue weighted by atomic mass is 35.5. The molecule has 1 N–H and O–H groups in total. The zero-order valence-electron chi connectivity index (χ0n) is 15.5. The highest BCUT2D eigenvalue weighted by Crippen LogP contribution is 2.24. The predicted molar refractivity (Wildman–Crippen MR) is 113 cm³/mol. The molecular weight excluding hydrogens is 393 g/mol. The maximum absolute atomic E-state index is 13.8. The van der Waals surface area contributed by atoms with Gasteiger partial charge >= 0.3 is 0 Å². The molecule has 0 aliphatic heterocycles. The van der Waals surface area contributed by atoms with E-state index in [0.717, 1.165) is 10.4 Å². The molecule has 0 aliphatic rings. The minimum absolute atomic E-state index is 0.0564. The van der Waals surface area contributed by atoms with Gasteiger partial charge in [-0.15, -0.1) is 12.8 Å². The molecule has 4 aromatic rings. The number of aryl methyl sites for hydroxylation is 1. The Bertz CT molecular complexity index is 1230. The molecule has 0 saturated carbocycles. The summed E-state index contributed by atoms with van der Waals surface area (Å²) in [5.74, 6) is 0.316. The maximum atomic E-state index is 13.8. The Labute approximate surface area is 171 Å². The van der Waals surface area contributed by atoms with E-state index >= 15 is 0 Å². The van der Waals surface area contributed by atoms with Gasteiger partial charge in [-0.1, -0.05) is 29.8 Å². The van der Waals surface area contributed by atoms with E-state index in [1.54, 1.807) is 6.07 Å². The van der Waals surface area contributed by atoms with Crippen molar-refractivity contribution in [3.63, 3.8) is 0 Å². The summed E-state index contributed by atoms with van der Waals surface area (Å²) in [6, 6.07) is 14.0. The van der Waals surface area contributed by atoms with Crippen LogP contribution in [0.4, 0.5) is 10.1 Å². The van der Waals surface area contributed by atoms with Gasteiger partial charge in [0.2, 0.25) is 0 Å². The van der Waals surface area contributed by atoms with E-state index < -0.39 is 0 Å². The summed E-state index contributed by atoms with van der Waals surface area (Å²) in [7, 11) is 1.53. The number of anilines is 1. The largest absolute Gasteiger partial charge is 0.375 e. The molecule has 6 nitrogen and oxygen atoms in total. The van der Waals surface area contributed by atoms with Gasteiger partial charge in [-0.25, -0.2) is 14.1 Å². The fourth-order valence-electron chi connectivity index (χ4n) is 2.89. The van der Waals surface area contributed by atoms with E-state index in [1.807, 2.05) is 34.9 Å². The van der Waals surface area contributed by atoms with E-state index in [1.165, 1.54) is 25.4 Å². The Hall–Kier alpha value is -3.63. The molecular formula is C21H17ClFN5O. The zero-order valence-corrected chi connectivity index (χ0v) is 16.3. The van der Waals surface area contributed by atoms with Crippen LogP contribution in [-0.4, -0.2) is 19.3 Å². The van der Waals surface area contributed by atoms with Crippen molar-refractivity contribution in [1.29, 1.82) is 0 Å². The van der Waals surface area contributed by atoms with Crippen molar-refractivity contribution in [2.24, 2.45) is 7.05 Å². The number of rotatable bonds is 4. The van der Waals surface area contributed by atoms with Gasteiger partial charge in [0.25, 0.3) is 5.56 Å². The lowest BCUT2D eigenvalue weighted by Crippen LogP contribution is -2.21. The average molecular weight is 410 g/mol. The van der Waals surface area contributed by atoms with Crippen molar-refractivity contribution in [1.82, 2.24) is 19.3 Å². The van der Waals surface area contributed by atoms with Crippen LogP contribution < -0.4 is 10.9 Å². The number of fused-ring (bicyclic) bond motifs is 1. The number of hydrogen-bond donors (Lipinski definition) is 1. The molecule has 146 valence electrons. The minimum Gasteiger partial charge on any atom is -0.375 e. The SMILES string of the molecule is C#C.Cn1ncc(NCc2nc3ccc(F)cc3n2-c2ccccc2)c(Cl)c1=O. The van der Waals surface area contributed by atoms with E-state index in [4.69, 9.17) is 11.6 Å². The molecule has 2 heterocycles. The van der Waals surface area contributed by atoms with Crippen LogP contribution in [0.15, 0.2) is 59.5 Å². The number of nitrogens with zero attached hydrogens (tertiary/aromatic N) is 4. The third-order valence-corrected chi connectivity index (χ3v) is 4.58. The van der Waals surface area contributed by atoms with Crippen LogP contribution >= 0.6 is 11.6 Å². The average Bonchev–Trinajstić information content (AvgIpc) is 3.11. The van der Waals surface area contributed by atoms with E-state index in [0.29, 0.717) is 22.5 Å². The Morgan fingerprint density at radius 1 is 1.17 bits per heavy atom. The first-order valence-electron chi connectivity index (χ1n) is 8.56. The summed E-state index contributed by atoms with van der Waals surface area (Å²) in [4.78, 5) is 16.5. The maximum Gasteiger partial charge on any atom is 0.287 e. The van der Waals surface area contributed by atoms with Crippen LogP contribution in [0.1, 0.15) is 5.82 Å². The molecule has 0 fully saturated rings. The highest BCUT2D eigenvalue weighted by Gasteiger charge is 2.14. The van der Waals surface area contributed by atoms with Crippen molar-refractivity contribution in [3.05, 3.63) is 81.7 Å². The molecule has 4 rings (SSSR count). The summed E-state index contributed by atoms with van der Waals surface area (Å²) in [6.45, 7) is 0.278. The molecule has 29 heavy (non-hydrogen) atoms. The number of hydrogen-bond acceptors (Lipinski definition) is 4. The zero-order chi connectivity index (χ0) is 21.0. The molecule has 0 saturated heterocycles. The monoisotopic (exact) mass is 409 g/mol. The third kappa shape index (κ3) is 3.98.